The summed E-state index contributed by atoms with van der Waals surface area (Å²) >= 11 is 1.49. The molecule has 0 saturated carbocycles. The molecule has 0 bridgehead atoms. The highest BCUT2D eigenvalue weighted by atomic mass is 32.1. The summed E-state index contributed by atoms with van der Waals surface area (Å²) in [5, 5.41) is 3.86. The lowest BCUT2D eigenvalue weighted by molar-refractivity contribution is -0.128. The quantitative estimate of drug-likeness (QED) is 0.290. The predicted octanol–water partition coefficient (Wildman–Crippen LogP) is 6.40. The number of hydrogen-bond donors (Lipinski definition) is 1. The van der Waals surface area contributed by atoms with Crippen molar-refractivity contribution in [2.45, 2.75) is 19.4 Å². The minimum Gasteiger partial charge on any atom is -0.338 e. The number of carbonyl (C=O) groups excluding carboxylic acids is 2. The van der Waals surface area contributed by atoms with Gasteiger partial charge in [0.15, 0.2) is 0 Å². The molecular formula is C30H24N4O2S. The number of thiazole rings is 1. The Labute approximate surface area is 218 Å². The largest absolute Gasteiger partial charge is 0.338 e. The fraction of sp³-hybridized carbons (Fsp3) is 0.133. The van der Waals surface area contributed by atoms with Gasteiger partial charge in [-0.05, 0) is 53.4 Å². The molecule has 0 radical (unpaired) electrons. The maximum atomic E-state index is 13.2. The van der Waals surface area contributed by atoms with E-state index in [1.165, 1.54) is 11.3 Å². The molecule has 1 aliphatic heterocycles. The second-order valence-corrected chi connectivity index (χ2v) is 10.0. The van der Waals surface area contributed by atoms with Crippen LogP contribution in [0, 0.1) is 0 Å². The molecular weight excluding hydrogens is 480 g/mol. The second-order valence-electron chi connectivity index (χ2n) is 9.05. The molecule has 37 heavy (non-hydrogen) atoms. The summed E-state index contributed by atoms with van der Waals surface area (Å²) in [4.78, 5) is 37.4. The Morgan fingerprint density at radius 2 is 1.76 bits per heavy atom. The minimum atomic E-state index is -0.179. The van der Waals surface area contributed by atoms with Crippen LogP contribution in [0.25, 0.3) is 32.0 Å². The number of nitrogens with one attached hydrogen (secondary N) is 1. The Hall–Kier alpha value is -4.36. The summed E-state index contributed by atoms with van der Waals surface area (Å²) in [5.41, 5.74) is 5.94. The van der Waals surface area contributed by atoms with Crippen molar-refractivity contribution in [2.75, 3.05) is 11.9 Å². The van der Waals surface area contributed by atoms with E-state index in [2.05, 4.69) is 10.3 Å². The normalized spacial score (nSPS) is 13.3. The predicted molar refractivity (Wildman–Crippen MR) is 147 cm³/mol. The van der Waals surface area contributed by atoms with Gasteiger partial charge in [-0.1, -0.05) is 65.9 Å². The van der Waals surface area contributed by atoms with Gasteiger partial charge in [-0.2, -0.15) is 0 Å². The van der Waals surface area contributed by atoms with Crippen LogP contribution in [0.4, 0.5) is 5.69 Å². The van der Waals surface area contributed by atoms with Crippen molar-refractivity contribution in [3.05, 3.63) is 102 Å². The molecule has 7 heteroatoms. The summed E-state index contributed by atoms with van der Waals surface area (Å²) < 4.78 is 0. The zero-order chi connectivity index (χ0) is 25.2. The number of para-hydroxylation sites is 1. The van der Waals surface area contributed by atoms with Crippen LogP contribution in [0.2, 0.25) is 0 Å². The number of likely N-dealkylation sites (tertiary alicyclic amines) is 1. The number of fused-ring (bicyclic) bond motifs is 1. The molecule has 0 spiro atoms. The number of anilines is 1. The van der Waals surface area contributed by atoms with Gasteiger partial charge in [-0.15, -0.1) is 0 Å². The van der Waals surface area contributed by atoms with E-state index in [0.717, 1.165) is 50.6 Å². The van der Waals surface area contributed by atoms with E-state index in [1.807, 2.05) is 96.0 Å². The topological polar surface area (TPSA) is 75.2 Å². The van der Waals surface area contributed by atoms with Crippen LogP contribution in [-0.2, 0) is 11.3 Å². The van der Waals surface area contributed by atoms with Crippen LogP contribution >= 0.6 is 11.3 Å². The first kappa shape index (κ1) is 23.1. The molecule has 1 aliphatic rings. The smallest absolute Gasteiger partial charge is 0.255 e. The number of hydrogen-bond acceptors (Lipinski definition) is 5. The second kappa shape index (κ2) is 9.95. The molecule has 3 heterocycles. The van der Waals surface area contributed by atoms with E-state index in [0.29, 0.717) is 24.2 Å². The minimum absolute atomic E-state index is 0.179. The average Bonchev–Trinajstić information content (AvgIpc) is 3.55. The summed E-state index contributed by atoms with van der Waals surface area (Å²) in [6.45, 7) is 1.35. The van der Waals surface area contributed by atoms with Gasteiger partial charge in [-0.25, -0.2) is 9.97 Å². The molecule has 2 aromatic heterocycles. The highest BCUT2D eigenvalue weighted by Gasteiger charge is 2.21. The van der Waals surface area contributed by atoms with Gasteiger partial charge < -0.3 is 10.2 Å². The molecule has 0 unspecified atom stereocenters. The van der Waals surface area contributed by atoms with E-state index < -0.39 is 0 Å². The number of rotatable bonds is 6. The number of benzene rings is 3. The Morgan fingerprint density at radius 1 is 0.946 bits per heavy atom. The van der Waals surface area contributed by atoms with Crippen LogP contribution in [0.3, 0.4) is 0 Å². The van der Waals surface area contributed by atoms with E-state index in [4.69, 9.17) is 4.98 Å². The molecule has 0 aliphatic carbocycles. The molecule has 0 atom stereocenters. The molecule has 6 rings (SSSR count). The van der Waals surface area contributed by atoms with E-state index in [1.54, 1.807) is 0 Å². The first-order valence-electron chi connectivity index (χ1n) is 12.2. The maximum absolute atomic E-state index is 13.2. The average molecular weight is 505 g/mol. The van der Waals surface area contributed by atoms with Gasteiger partial charge in [-0.3, -0.25) is 9.59 Å². The lowest BCUT2D eigenvalue weighted by Gasteiger charge is -2.14. The van der Waals surface area contributed by atoms with Gasteiger partial charge in [0.1, 0.15) is 15.4 Å². The molecule has 6 nitrogen and oxygen atoms in total. The standard InChI is InChI=1S/C30H24N4O2S/c35-27-14-7-15-34(27)19-20-16-26-30(31-18-20)37-29(33-26)24-12-4-5-13-25(24)32-28(36)23-11-6-10-22(17-23)21-8-2-1-3-9-21/h1-6,8-13,16-18H,7,14-15,19H2,(H,32,36). The van der Waals surface area contributed by atoms with Gasteiger partial charge in [0.05, 0.1) is 5.69 Å². The number of carbonyl (C=O) groups is 2. The molecule has 3 aromatic carbocycles. The van der Waals surface area contributed by atoms with Crippen LogP contribution < -0.4 is 5.32 Å². The first-order chi connectivity index (χ1) is 18.1. The Morgan fingerprint density at radius 3 is 2.59 bits per heavy atom. The van der Waals surface area contributed by atoms with Gasteiger partial charge in [0, 0.05) is 36.8 Å². The maximum Gasteiger partial charge on any atom is 0.255 e. The van der Waals surface area contributed by atoms with Crippen molar-refractivity contribution < 1.29 is 9.59 Å². The molecule has 1 fully saturated rings. The van der Waals surface area contributed by atoms with E-state index >= 15 is 0 Å². The van der Waals surface area contributed by atoms with Crippen LogP contribution in [0.5, 0.6) is 0 Å². The molecule has 2 amide bonds. The summed E-state index contributed by atoms with van der Waals surface area (Å²) in [6, 6.07) is 27.3. The van der Waals surface area contributed by atoms with Crippen LogP contribution in [0.15, 0.2) is 91.1 Å². The van der Waals surface area contributed by atoms with Gasteiger partial charge >= 0.3 is 0 Å². The van der Waals surface area contributed by atoms with Crippen LogP contribution in [0.1, 0.15) is 28.8 Å². The third-order valence-corrected chi connectivity index (χ3v) is 7.50. The van der Waals surface area contributed by atoms with Crippen LogP contribution in [-0.4, -0.2) is 33.2 Å². The Balaban J connectivity index is 1.26. The van der Waals surface area contributed by atoms with Crippen molar-refractivity contribution in [1.82, 2.24) is 14.9 Å². The lowest BCUT2D eigenvalue weighted by Crippen LogP contribution is -2.23. The van der Waals surface area contributed by atoms with Crippen molar-refractivity contribution >= 4 is 39.2 Å². The van der Waals surface area contributed by atoms with E-state index in [9.17, 15) is 9.59 Å². The fourth-order valence-electron chi connectivity index (χ4n) is 4.60. The number of nitrogens with zero attached hydrogens (tertiary/aromatic N) is 3. The Kier molecular flexibility index (Phi) is 6.20. The third-order valence-electron chi connectivity index (χ3n) is 6.49. The molecule has 1 N–H and O–H groups in total. The lowest BCUT2D eigenvalue weighted by atomic mass is 10.0. The highest BCUT2D eigenvalue weighted by molar-refractivity contribution is 7.21. The first-order valence-corrected chi connectivity index (χ1v) is 13.1. The van der Waals surface area contributed by atoms with Gasteiger partial charge in [0.2, 0.25) is 5.91 Å². The van der Waals surface area contributed by atoms with E-state index in [-0.39, 0.29) is 11.8 Å². The summed E-state index contributed by atoms with van der Waals surface area (Å²) in [6.07, 6.45) is 3.35. The number of aromatic nitrogens is 2. The fourth-order valence-corrected chi connectivity index (χ4v) is 5.53. The van der Waals surface area contributed by atoms with Crippen molar-refractivity contribution in [1.29, 1.82) is 0 Å². The summed E-state index contributed by atoms with van der Waals surface area (Å²) in [7, 11) is 0. The zero-order valence-electron chi connectivity index (χ0n) is 20.1. The summed E-state index contributed by atoms with van der Waals surface area (Å²) in [5.74, 6) is 0.0140. The third kappa shape index (κ3) is 4.86. The number of amides is 2. The highest BCUT2D eigenvalue weighted by Crippen LogP contribution is 2.34. The van der Waals surface area contributed by atoms with Gasteiger partial charge in [0.25, 0.3) is 5.91 Å². The Bertz CT molecular complexity index is 1610. The number of pyridine rings is 1. The molecule has 1 saturated heterocycles. The van der Waals surface area contributed by atoms with Crippen molar-refractivity contribution in [2.24, 2.45) is 0 Å². The zero-order valence-corrected chi connectivity index (χ0v) is 20.9. The molecule has 182 valence electrons. The molecule has 5 aromatic rings. The van der Waals surface area contributed by atoms with Crippen molar-refractivity contribution in [3.63, 3.8) is 0 Å². The SMILES string of the molecule is O=C(Nc1ccccc1-c1nc2cc(CN3CCCC3=O)cnc2s1)c1cccc(-c2ccccc2)c1. The van der Waals surface area contributed by atoms with Crippen molar-refractivity contribution in [3.8, 4) is 21.7 Å². The monoisotopic (exact) mass is 504 g/mol.